The molecule has 2 aliphatic heterocycles. The maximum absolute atomic E-state index is 4.39. The van der Waals surface area contributed by atoms with Crippen LogP contribution in [0.4, 0.5) is 0 Å². The molecule has 0 aromatic carbocycles. The van der Waals surface area contributed by atoms with Gasteiger partial charge in [0.15, 0.2) is 0 Å². The molecule has 1 saturated heterocycles. The summed E-state index contributed by atoms with van der Waals surface area (Å²) in [7, 11) is 0. The lowest BCUT2D eigenvalue weighted by atomic mass is 10.0. The van der Waals surface area contributed by atoms with Crippen molar-refractivity contribution < 1.29 is 0 Å². The van der Waals surface area contributed by atoms with Gasteiger partial charge in [-0.25, -0.2) is 0 Å². The molecule has 0 spiro atoms. The van der Waals surface area contributed by atoms with Gasteiger partial charge in [-0.05, 0) is 45.4 Å². The fourth-order valence-corrected chi connectivity index (χ4v) is 2.70. The summed E-state index contributed by atoms with van der Waals surface area (Å²) in [6, 6.07) is 0.686. The molecule has 0 bridgehead atoms. The molecule has 0 aliphatic carbocycles. The van der Waals surface area contributed by atoms with Crippen LogP contribution in [-0.2, 0) is 0 Å². The zero-order chi connectivity index (χ0) is 13.2. The molecule has 1 fully saturated rings. The van der Waals surface area contributed by atoms with Crippen LogP contribution in [0.3, 0.4) is 0 Å². The minimum atomic E-state index is 0.686. The van der Waals surface area contributed by atoms with Crippen LogP contribution in [0.2, 0.25) is 0 Å². The van der Waals surface area contributed by atoms with Crippen LogP contribution in [0.25, 0.3) is 0 Å². The van der Waals surface area contributed by atoms with Crippen molar-refractivity contribution >= 4 is 6.21 Å². The lowest BCUT2D eigenvalue weighted by molar-refractivity contribution is 0.198. The van der Waals surface area contributed by atoms with Gasteiger partial charge in [-0.15, -0.1) is 0 Å². The Morgan fingerprint density at radius 3 is 2.33 bits per heavy atom. The number of nitrogens with zero attached hydrogens (tertiary/aromatic N) is 3. The first kappa shape index (κ1) is 15.6. The lowest BCUT2D eigenvalue weighted by Gasteiger charge is -2.31. The van der Waals surface area contributed by atoms with Gasteiger partial charge in [-0.1, -0.05) is 27.2 Å². The Balaban J connectivity index is 0.000000203. The second-order valence-electron chi connectivity index (χ2n) is 5.13. The Morgan fingerprint density at radius 1 is 1.06 bits per heavy atom. The van der Waals surface area contributed by atoms with E-state index in [4.69, 9.17) is 0 Å². The number of fused-ring (bicyclic) bond motifs is 1. The van der Waals surface area contributed by atoms with Crippen molar-refractivity contribution in [3.05, 3.63) is 0 Å². The molecule has 0 amide bonds. The summed E-state index contributed by atoms with van der Waals surface area (Å²) in [5.74, 6) is 0. The van der Waals surface area contributed by atoms with Crippen molar-refractivity contribution in [1.82, 2.24) is 9.80 Å². The highest BCUT2D eigenvalue weighted by Crippen LogP contribution is 2.17. The van der Waals surface area contributed by atoms with E-state index in [1.54, 1.807) is 0 Å². The number of aliphatic imine (C=N–C) groups is 1. The van der Waals surface area contributed by atoms with E-state index < -0.39 is 0 Å². The number of hydrogen-bond acceptors (Lipinski definition) is 3. The third kappa shape index (κ3) is 5.49. The lowest BCUT2D eigenvalue weighted by Crippen LogP contribution is -2.40. The maximum Gasteiger partial charge on any atom is 0.0446 e. The standard InChI is InChI=1S/C9H16N2.C6H15N/c1-2-6-11-7-3-5-10-8-9(11)4-1;1-4-7(5-2)6-3/h8-9H,1-7H2;4-6H2,1-3H3. The minimum Gasteiger partial charge on any atom is -0.304 e. The fraction of sp³-hybridized carbons (Fsp3) is 0.933. The zero-order valence-corrected chi connectivity index (χ0v) is 12.6. The molecule has 0 saturated carbocycles. The Hall–Kier alpha value is -0.410. The van der Waals surface area contributed by atoms with Crippen molar-refractivity contribution in [2.75, 3.05) is 39.3 Å². The van der Waals surface area contributed by atoms with E-state index in [9.17, 15) is 0 Å². The van der Waals surface area contributed by atoms with Gasteiger partial charge in [0, 0.05) is 25.3 Å². The van der Waals surface area contributed by atoms with Crippen LogP contribution >= 0.6 is 0 Å². The molecule has 2 aliphatic rings. The molecule has 18 heavy (non-hydrogen) atoms. The van der Waals surface area contributed by atoms with Crippen LogP contribution in [0.1, 0.15) is 46.5 Å². The molecule has 106 valence electrons. The summed E-state index contributed by atoms with van der Waals surface area (Å²) >= 11 is 0. The predicted octanol–water partition coefficient (Wildman–Crippen LogP) is 2.66. The summed E-state index contributed by atoms with van der Waals surface area (Å²) in [6.07, 6.45) is 7.56. The number of piperidine rings is 1. The summed E-state index contributed by atoms with van der Waals surface area (Å²) in [5, 5.41) is 0. The van der Waals surface area contributed by atoms with E-state index in [2.05, 4.69) is 41.8 Å². The van der Waals surface area contributed by atoms with Gasteiger partial charge >= 0.3 is 0 Å². The number of hydrogen-bond donors (Lipinski definition) is 0. The Kier molecular flexibility index (Phi) is 8.27. The zero-order valence-electron chi connectivity index (χ0n) is 12.6. The van der Waals surface area contributed by atoms with Gasteiger partial charge in [-0.3, -0.25) is 9.89 Å². The first-order chi connectivity index (χ1) is 8.81. The van der Waals surface area contributed by atoms with Crippen molar-refractivity contribution in [1.29, 1.82) is 0 Å². The van der Waals surface area contributed by atoms with Gasteiger partial charge in [0.2, 0.25) is 0 Å². The van der Waals surface area contributed by atoms with Crippen LogP contribution in [0.15, 0.2) is 4.99 Å². The van der Waals surface area contributed by atoms with Crippen LogP contribution in [0, 0.1) is 0 Å². The second-order valence-corrected chi connectivity index (χ2v) is 5.13. The highest BCUT2D eigenvalue weighted by molar-refractivity contribution is 5.64. The van der Waals surface area contributed by atoms with Crippen molar-refractivity contribution in [2.45, 2.75) is 52.5 Å². The van der Waals surface area contributed by atoms with Gasteiger partial charge in [0.1, 0.15) is 0 Å². The van der Waals surface area contributed by atoms with E-state index in [0.29, 0.717) is 6.04 Å². The van der Waals surface area contributed by atoms with Crippen molar-refractivity contribution in [2.24, 2.45) is 4.99 Å². The number of rotatable bonds is 3. The molecule has 0 aromatic rings. The van der Waals surface area contributed by atoms with Crippen LogP contribution < -0.4 is 0 Å². The van der Waals surface area contributed by atoms with E-state index in [1.807, 2.05) is 0 Å². The highest BCUT2D eigenvalue weighted by Gasteiger charge is 2.20. The molecule has 1 atom stereocenters. The summed E-state index contributed by atoms with van der Waals surface area (Å²) in [4.78, 5) is 9.35. The average Bonchev–Trinajstić information content (AvgIpc) is 2.66. The summed E-state index contributed by atoms with van der Waals surface area (Å²) in [5.41, 5.74) is 0. The molecular formula is C15H31N3. The second kappa shape index (κ2) is 9.51. The quantitative estimate of drug-likeness (QED) is 0.770. The van der Waals surface area contributed by atoms with E-state index in [1.165, 1.54) is 58.4 Å². The van der Waals surface area contributed by atoms with Gasteiger partial charge in [-0.2, -0.15) is 0 Å². The molecule has 0 N–H and O–H groups in total. The van der Waals surface area contributed by atoms with E-state index in [-0.39, 0.29) is 0 Å². The van der Waals surface area contributed by atoms with E-state index >= 15 is 0 Å². The third-order valence-electron chi connectivity index (χ3n) is 4.02. The molecule has 0 radical (unpaired) electrons. The first-order valence-corrected chi connectivity index (χ1v) is 7.78. The minimum absolute atomic E-state index is 0.686. The third-order valence-corrected chi connectivity index (χ3v) is 4.02. The molecular weight excluding hydrogens is 222 g/mol. The molecule has 2 rings (SSSR count). The average molecular weight is 253 g/mol. The van der Waals surface area contributed by atoms with Crippen molar-refractivity contribution in [3.63, 3.8) is 0 Å². The molecule has 2 heterocycles. The Morgan fingerprint density at radius 2 is 1.72 bits per heavy atom. The molecule has 3 heteroatoms. The molecule has 1 unspecified atom stereocenters. The summed E-state index contributed by atoms with van der Waals surface area (Å²) in [6.45, 7) is 13.7. The van der Waals surface area contributed by atoms with Crippen LogP contribution in [0.5, 0.6) is 0 Å². The smallest absolute Gasteiger partial charge is 0.0446 e. The summed E-state index contributed by atoms with van der Waals surface area (Å²) < 4.78 is 0. The maximum atomic E-state index is 4.39. The molecule has 0 aromatic heterocycles. The normalized spacial score (nSPS) is 24.1. The van der Waals surface area contributed by atoms with Gasteiger partial charge < -0.3 is 4.90 Å². The molecule has 3 nitrogen and oxygen atoms in total. The first-order valence-electron chi connectivity index (χ1n) is 7.78. The highest BCUT2D eigenvalue weighted by atomic mass is 15.2. The van der Waals surface area contributed by atoms with Gasteiger partial charge in [0.05, 0.1) is 0 Å². The Bertz CT molecular complexity index is 218. The van der Waals surface area contributed by atoms with Crippen LogP contribution in [-0.4, -0.2) is 61.3 Å². The topological polar surface area (TPSA) is 18.8 Å². The Labute approximate surface area is 113 Å². The monoisotopic (exact) mass is 253 g/mol. The van der Waals surface area contributed by atoms with E-state index in [0.717, 1.165) is 6.54 Å². The fourth-order valence-electron chi connectivity index (χ4n) is 2.70. The predicted molar refractivity (Wildman–Crippen MR) is 80.7 cm³/mol. The SMILES string of the molecule is C1=NCCCN2CCCCC12.CCN(CC)CC. The largest absolute Gasteiger partial charge is 0.304 e. The van der Waals surface area contributed by atoms with Crippen molar-refractivity contribution in [3.8, 4) is 0 Å². The van der Waals surface area contributed by atoms with Gasteiger partial charge in [0.25, 0.3) is 0 Å².